The SMILES string of the molecule is C[C@]1(CCl)C(C(=O)O)N2C(=O)C[C@@H]2S1(=O)=O. The number of halogens is 1. The van der Waals surface area contributed by atoms with Crippen LogP contribution in [0.1, 0.15) is 13.3 Å². The maximum Gasteiger partial charge on any atom is 0.328 e. The van der Waals surface area contributed by atoms with Crippen LogP contribution in [0.2, 0.25) is 0 Å². The van der Waals surface area contributed by atoms with Crippen LogP contribution in [-0.2, 0) is 19.4 Å². The summed E-state index contributed by atoms with van der Waals surface area (Å²) in [5, 5.41) is 8.03. The summed E-state index contributed by atoms with van der Waals surface area (Å²) < 4.78 is 22.5. The van der Waals surface area contributed by atoms with Crippen LogP contribution in [0, 0.1) is 0 Å². The van der Waals surface area contributed by atoms with E-state index < -0.39 is 37.9 Å². The minimum atomic E-state index is -3.71. The fourth-order valence-corrected chi connectivity index (χ4v) is 5.06. The Bertz CT molecular complexity index is 475. The summed E-state index contributed by atoms with van der Waals surface area (Å²) in [4.78, 5) is 23.3. The summed E-state index contributed by atoms with van der Waals surface area (Å²) in [5.41, 5.74) is 0. The highest BCUT2D eigenvalue weighted by molar-refractivity contribution is 7.94. The van der Waals surface area contributed by atoms with Gasteiger partial charge in [0.15, 0.2) is 15.9 Å². The Morgan fingerprint density at radius 2 is 2.25 bits per heavy atom. The zero-order chi connectivity index (χ0) is 12.3. The van der Waals surface area contributed by atoms with Crippen molar-refractivity contribution in [2.45, 2.75) is 29.5 Å². The second-order valence-electron chi connectivity index (χ2n) is 4.19. The van der Waals surface area contributed by atoms with Crippen LogP contribution >= 0.6 is 11.6 Å². The van der Waals surface area contributed by atoms with Gasteiger partial charge in [-0.15, -0.1) is 11.6 Å². The van der Waals surface area contributed by atoms with Gasteiger partial charge in [-0.05, 0) is 6.92 Å². The van der Waals surface area contributed by atoms with E-state index in [1.54, 1.807) is 0 Å². The average Bonchev–Trinajstić information content (AvgIpc) is 2.32. The highest BCUT2D eigenvalue weighted by atomic mass is 35.5. The summed E-state index contributed by atoms with van der Waals surface area (Å²) >= 11 is 5.60. The Balaban J connectivity index is 2.59. The second kappa shape index (κ2) is 3.10. The topological polar surface area (TPSA) is 91.8 Å². The molecule has 2 fully saturated rings. The number of rotatable bonds is 2. The van der Waals surface area contributed by atoms with E-state index in [0.717, 1.165) is 4.90 Å². The van der Waals surface area contributed by atoms with Crippen molar-refractivity contribution < 1.29 is 23.1 Å². The quantitative estimate of drug-likeness (QED) is 0.534. The lowest BCUT2D eigenvalue weighted by Gasteiger charge is -2.35. The number of amides is 1. The standard InChI is InChI=1S/C8H10ClNO5S/c1-8(3-9)6(7(12)13)10-4(11)2-5(10)16(8,14)15/h5-6H,2-3H2,1H3,(H,12,13)/t5-,6?,8-/m0/s1. The number of carboxylic acids is 1. The van der Waals surface area contributed by atoms with Gasteiger partial charge >= 0.3 is 5.97 Å². The molecule has 6 nitrogen and oxygen atoms in total. The predicted molar refractivity (Wildman–Crippen MR) is 54.7 cm³/mol. The third-order valence-corrected chi connectivity index (χ3v) is 6.80. The second-order valence-corrected chi connectivity index (χ2v) is 7.03. The number of aliphatic carboxylic acids is 1. The Morgan fingerprint density at radius 3 is 2.62 bits per heavy atom. The van der Waals surface area contributed by atoms with E-state index in [1.165, 1.54) is 6.92 Å². The monoisotopic (exact) mass is 267 g/mol. The van der Waals surface area contributed by atoms with Crippen LogP contribution in [-0.4, -0.2) is 52.3 Å². The lowest BCUT2D eigenvalue weighted by Crippen LogP contribution is -2.57. The molecule has 16 heavy (non-hydrogen) atoms. The normalized spacial score (nSPS) is 40.4. The zero-order valence-electron chi connectivity index (χ0n) is 8.38. The van der Waals surface area contributed by atoms with Gasteiger partial charge in [0.05, 0.1) is 6.42 Å². The summed E-state index contributed by atoms with van der Waals surface area (Å²) in [5.74, 6) is -2.12. The number of alkyl halides is 1. The minimum absolute atomic E-state index is 0.140. The molecule has 2 aliphatic rings. The zero-order valence-corrected chi connectivity index (χ0v) is 9.95. The fraction of sp³-hybridized carbons (Fsp3) is 0.750. The molecule has 0 aromatic rings. The Labute approximate surface area is 97.1 Å². The van der Waals surface area contributed by atoms with Gasteiger partial charge in [-0.1, -0.05) is 0 Å². The first-order valence-electron chi connectivity index (χ1n) is 4.60. The first kappa shape index (κ1) is 11.7. The third kappa shape index (κ3) is 1.05. The first-order valence-corrected chi connectivity index (χ1v) is 6.69. The number of sulfone groups is 1. The average molecular weight is 268 g/mol. The first-order chi connectivity index (χ1) is 7.27. The van der Waals surface area contributed by atoms with Crippen LogP contribution in [0.25, 0.3) is 0 Å². The summed E-state index contributed by atoms with van der Waals surface area (Å²) in [7, 11) is -3.71. The molecule has 1 N–H and O–H groups in total. The number of carbonyl (C=O) groups is 2. The Kier molecular flexibility index (Phi) is 2.26. The molecule has 3 atom stereocenters. The van der Waals surface area contributed by atoms with E-state index in [1.807, 2.05) is 0 Å². The molecule has 2 aliphatic heterocycles. The summed E-state index contributed by atoms with van der Waals surface area (Å²) in [6.07, 6.45) is -0.140. The molecule has 0 aliphatic carbocycles. The molecule has 2 rings (SSSR count). The molecule has 1 amide bonds. The predicted octanol–water partition coefficient (Wildman–Crippen LogP) is -0.576. The molecule has 0 radical (unpaired) electrons. The van der Waals surface area contributed by atoms with Crippen LogP contribution in [0.15, 0.2) is 0 Å². The molecule has 8 heteroatoms. The number of carbonyl (C=O) groups excluding carboxylic acids is 1. The number of hydrogen-bond donors (Lipinski definition) is 1. The maximum absolute atomic E-state index is 12.0. The third-order valence-electron chi connectivity index (χ3n) is 3.31. The lowest BCUT2D eigenvalue weighted by molar-refractivity contribution is -0.157. The number of hydrogen-bond acceptors (Lipinski definition) is 4. The summed E-state index contributed by atoms with van der Waals surface area (Å²) in [6.45, 7) is 1.28. The van der Waals surface area contributed by atoms with E-state index >= 15 is 0 Å². The molecule has 90 valence electrons. The highest BCUT2D eigenvalue weighted by Crippen LogP contribution is 2.46. The smallest absolute Gasteiger partial charge is 0.328 e. The van der Waals surface area contributed by atoms with Crippen molar-refractivity contribution in [1.29, 1.82) is 0 Å². The fourth-order valence-electron chi connectivity index (χ4n) is 2.26. The van der Waals surface area contributed by atoms with E-state index in [4.69, 9.17) is 16.7 Å². The van der Waals surface area contributed by atoms with E-state index in [9.17, 15) is 18.0 Å². The molecule has 1 unspecified atom stereocenters. The van der Waals surface area contributed by atoms with Crippen molar-refractivity contribution in [3.05, 3.63) is 0 Å². The largest absolute Gasteiger partial charge is 0.480 e. The van der Waals surface area contributed by atoms with Crippen LogP contribution in [0.5, 0.6) is 0 Å². The van der Waals surface area contributed by atoms with Crippen LogP contribution < -0.4 is 0 Å². The van der Waals surface area contributed by atoms with Crippen molar-refractivity contribution in [2.75, 3.05) is 5.88 Å². The van der Waals surface area contributed by atoms with E-state index in [-0.39, 0.29) is 12.3 Å². The van der Waals surface area contributed by atoms with Crippen LogP contribution in [0.3, 0.4) is 0 Å². The summed E-state index contributed by atoms with van der Waals surface area (Å²) in [6, 6.07) is -1.37. The molecule has 0 saturated carbocycles. The number of carboxylic acid groups (broad SMARTS) is 1. The van der Waals surface area contributed by atoms with E-state index in [0.29, 0.717) is 0 Å². The number of β-lactam (4-membered cyclic amide) rings is 1. The van der Waals surface area contributed by atoms with Crippen molar-refractivity contribution in [3.63, 3.8) is 0 Å². The van der Waals surface area contributed by atoms with Gasteiger partial charge in [0.1, 0.15) is 10.1 Å². The molecule has 0 aromatic carbocycles. The maximum atomic E-state index is 12.0. The van der Waals surface area contributed by atoms with Crippen molar-refractivity contribution >= 4 is 33.3 Å². The van der Waals surface area contributed by atoms with E-state index in [2.05, 4.69) is 0 Å². The van der Waals surface area contributed by atoms with Gasteiger partial charge in [0.2, 0.25) is 5.91 Å². The highest BCUT2D eigenvalue weighted by Gasteiger charge is 2.69. The van der Waals surface area contributed by atoms with Crippen molar-refractivity contribution in [1.82, 2.24) is 4.90 Å². The van der Waals surface area contributed by atoms with Gasteiger partial charge in [0.25, 0.3) is 0 Å². The molecular weight excluding hydrogens is 258 g/mol. The molecule has 0 aromatic heterocycles. The van der Waals surface area contributed by atoms with Crippen molar-refractivity contribution in [3.8, 4) is 0 Å². The van der Waals surface area contributed by atoms with Crippen molar-refractivity contribution in [2.24, 2.45) is 0 Å². The lowest BCUT2D eigenvalue weighted by atomic mass is 9.98. The minimum Gasteiger partial charge on any atom is -0.480 e. The molecule has 2 heterocycles. The molecule has 0 spiro atoms. The number of fused-ring (bicyclic) bond motifs is 1. The molecular formula is C8H10ClNO5S. The van der Waals surface area contributed by atoms with Gasteiger partial charge < -0.3 is 10.0 Å². The van der Waals surface area contributed by atoms with Gasteiger partial charge in [0, 0.05) is 5.88 Å². The van der Waals surface area contributed by atoms with Gasteiger partial charge in [-0.25, -0.2) is 13.2 Å². The number of nitrogens with zero attached hydrogens (tertiary/aromatic N) is 1. The van der Waals surface area contributed by atoms with Crippen LogP contribution in [0.4, 0.5) is 0 Å². The Morgan fingerprint density at radius 1 is 1.69 bits per heavy atom. The van der Waals surface area contributed by atoms with Gasteiger partial charge in [-0.2, -0.15) is 0 Å². The molecule has 2 saturated heterocycles. The van der Waals surface area contributed by atoms with Gasteiger partial charge in [-0.3, -0.25) is 4.79 Å². The Hall–Kier alpha value is -0.820. The molecule has 0 bridgehead atoms.